The third-order valence-electron chi connectivity index (χ3n) is 3.31. The summed E-state index contributed by atoms with van der Waals surface area (Å²) >= 11 is 0. The SMILES string of the molecule is CCC(CCC=O)C(=O)NC.CCC1=CC=C(C)C1. The van der Waals surface area contributed by atoms with Crippen LogP contribution < -0.4 is 5.32 Å². The van der Waals surface area contributed by atoms with E-state index in [-0.39, 0.29) is 11.8 Å². The molecule has 0 radical (unpaired) electrons. The topological polar surface area (TPSA) is 46.2 Å². The molecule has 1 atom stereocenters. The number of rotatable bonds is 6. The zero-order valence-corrected chi connectivity index (χ0v) is 12.7. The molecule has 0 aromatic carbocycles. The normalized spacial score (nSPS) is 14.7. The van der Waals surface area contributed by atoms with Crippen molar-refractivity contribution < 1.29 is 9.59 Å². The summed E-state index contributed by atoms with van der Waals surface area (Å²) in [5.74, 6) is 0.0413. The second-order valence-corrected chi connectivity index (χ2v) is 4.83. The van der Waals surface area contributed by atoms with E-state index in [1.54, 1.807) is 12.6 Å². The smallest absolute Gasteiger partial charge is 0.222 e. The minimum atomic E-state index is 0.00481. The molecule has 1 aliphatic rings. The van der Waals surface area contributed by atoms with Gasteiger partial charge in [-0.1, -0.05) is 37.1 Å². The van der Waals surface area contributed by atoms with Crippen molar-refractivity contribution in [2.24, 2.45) is 5.92 Å². The molecule has 0 heterocycles. The Bertz CT molecular complexity index is 343. The number of allylic oxidation sites excluding steroid dienone is 4. The monoisotopic (exact) mass is 265 g/mol. The summed E-state index contributed by atoms with van der Waals surface area (Å²) in [7, 11) is 1.62. The minimum absolute atomic E-state index is 0.00481. The molecule has 1 rings (SSSR count). The van der Waals surface area contributed by atoms with Gasteiger partial charge in [-0.25, -0.2) is 0 Å². The lowest BCUT2D eigenvalue weighted by atomic mass is 10.00. The van der Waals surface area contributed by atoms with E-state index in [0.29, 0.717) is 12.8 Å². The molecular formula is C16H27NO2. The van der Waals surface area contributed by atoms with Gasteiger partial charge in [-0.05, 0) is 32.6 Å². The summed E-state index contributed by atoms with van der Waals surface area (Å²) in [6.07, 6.45) is 9.67. The molecule has 1 N–H and O–H groups in total. The largest absolute Gasteiger partial charge is 0.359 e. The fourth-order valence-corrected chi connectivity index (χ4v) is 1.97. The lowest BCUT2D eigenvalue weighted by Crippen LogP contribution is -2.26. The van der Waals surface area contributed by atoms with Crippen molar-refractivity contribution in [3.05, 3.63) is 23.3 Å². The molecule has 0 aromatic rings. The third kappa shape index (κ3) is 7.60. The first-order valence-corrected chi connectivity index (χ1v) is 7.09. The van der Waals surface area contributed by atoms with E-state index < -0.39 is 0 Å². The first-order valence-electron chi connectivity index (χ1n) is 7.09. The second kappa shape index (κ2) is 10.5. The van der Waals surface area contributed by atoms with Gasteiger partial charge in [0.2, 0.25) is 5.91 Å². The van der Waals surface area contributed by atoms with E-state index in [1.165, 1.54) is 18.4 Å². The maximum atomic E-state index is 11.0. The van der Waals surface area contributed by atoms with E-state index in [2.05, 4.69) is 31.3 Å². The summed E-state index contributed by atoms with van der Waals surface area (Å²) < 4.78 is 0. The first kappa shape index (κ1) is 17.6. The lowest BCUT2D eigenvalue weighted by molar-refractivity contribution is -0.124. The summed E-state index contributed by atoms with van der Waals surface area (Å²) in [5.41, 5.74) is 3.07. The van der Waals surface area contributed by atoms with Crippen LogP contribution in [0.2, 0.25) is 0 Å². The van der Waals surface area contributed by atoms with E-state index in [4.69, 9.17) is 0 Å². The molecule has 0 fully saturated rings. The molecule has 19 heavy (non-hydrogen) atoms. The average Bonchev–Trinajstić information content (AvgIpc) is 2.85. The van der Waals surface area contributed by atoms with Crippen molar-refractivity contribution in [2.45, 2.75) is 52.9 Å². The summed E-state index contributed by atoms with van der Waals surface area (Å²) in [4.78, 5) is 21.0. The van der Waals surface area contributed by atoms with Gasteiger partial charge in [0, 0.05) is 19.4 Å². The van der Waals surface area contributed by atoms with Crippen LogP contribution in [0.4, 0.5) is 0 Å². The average molecular weight is 265 g/mol. The lowest BCUT2D eigenvalue weighted by Gasteiger charge is -2.10. The number of carbonyl (C=O) groups excluding carboxylic acids is 2. The Morgan fingerprint density at radius 2 is 2.11 bits per heavy atom. The van der Waals surface area contributed by atoms with Crippen LogP contribution in [0.25, 0.3) is 0 Å². The number of hydrogen-bond donors (Lipinski definition) is 1. The standard InChI is InChI=1S/C8H15NO2.C8H12/c1-3-7(5-4-6-10)8(11)9-2;1-3-8-5-4-7(2)6-8/h6-7H,3-5H2,1-2H3,(H,9,11);4-5H,3,6H2,1-2H3. The van der Waals surface area contributed by atoms with E-state index in [1.807, 2.05) is 6.92 Å². The molecule has 0 saturated heterocycles. The number of hydrogen-bond acceptors (Lipinski definition) is 2. The third-order valence-corrected chi connectivity index (χ3v) is 3.31. The Balaban J connectivity index is 0.000000356. The van der Waals surface area contributed by atoms with Crippen LogP contribution in [0.5, 0.6) is 0 Å². The molecule has 3 heteroatoms. The maximum absolute atomic E-state index is 11.0. The molecule has 1 aliphatic carbocycles. The van der Waals surface area contributed by atoms with Gasteiger partial charge in [0.05, 0.1) is 0 Å². The molecule has 0 spiro atoms. The van der Waals surface area contributed by atoms with Gasteiger partial charge in [-0.3, -0.25) is 4.79 Å². The van der Waals surface area contributed by atoms with E-state index in [9.17, 15) is 9.59 Å². The summed E-state index contributed by atoms with van der Waals surface area (Å²) in [6.45, 7) is 6.34. The van der Waals surface area contributed by atoms with Crippen molar-refractivity contribution in [3.63, 3.8) is 0 Å². The maximum Gasteiger partial charge on any atom is 0.222 e. The highest BCUT2D eigenvalue weighted by molar-refractivity contribution is 5.78. The fraction of sp³-hybridized carbons (Fsp3) is 0.625. The Labute approximate surface area is 117 Å². The van der Waals surface area contributed by atoms with Gasteiger partial charge >= 0.3 is 0 Å². The van der Waals surface area contributed by atoms with Crippen LogP contribution in [-0.2, 0) is 9.59 Å². The predicted octanol–water partition coefficient (Wildman–Crippen LogP) is 3.41. The Morgan fingerprint density at radius 1 is 1.42 bits per heavy atom. The van der Waals surface area contributed by atoms with Crippen molar-refractivity contribution in [1.82, 2.24) is 5.32 Å². The van der Waals surface area contributed by atoms with Gasteiger partial charge in [-0.15, -0.1) is 0 Å². The number of aldehydes is 1. The Kier molecular flexibility index (Phi) is 9.77. The molecule has 3 nitrogen and oxygen atoms in total. The number of nitrogens with one attached hydrogen (secondary N) is 1. The zero-order chi connectivity index (χ0) is 14.7. The van der Waals surface area contributed by atoms with Crippen molar-refractivity contribution >= 4 is 12.2 Å². The molecule has 1 unspecified atom stereocenters. The van der Waals surface area contributed by atoms with E-state index >= 15 is 0 Å². The first-order chi connectivity index (χ1) is 9.08. The molecule has 1 amide bonds. The highest BCUT2D eigenvalue weighted by Crippen LogP contribution is 2.19. The van der Waals surface area contributed by atoms with Gasteiger partial charge in [0.25, 0.3) is 0 Å². The predicted molar refractivity (Wildman–Crippen MR) is 79.9 cm³/mol. The summed E-state index contributed by atoms with van der Waals surface area (Å²) in [5, 5.41) is 2.57. The van der Waals surface area contributed by atoms with E-state index in [0.717, 1.165) is 12.7 Å². The van der Waals surface area contributed by atoms with Crippen LogP contribution in [0.3, 0.4) is 0 Å². The Hall–Kier alpha value is -1.38. The summed E-state index contributed by atoms with van der Waals surface area (Å²) in [6, 6.07) is 0. The fourth-order valence-electron chi connectivity index (χ4n) is 1.97. The highest BCUT2D eigenvalue weighted by Gasteiger charge is 2.13. The van der Waals surface area contributed by atoms with Crippen LogP contribution in [-0.4, -0.2) is 19.2 Å². The number of carbonyl (C=O) groups is 2. The molecule has 0 bridgehead atoms. The van der Waals surface area contributed by atoms with Gasteiger partial charge in [0.1, 0.15) is 6.29 Å². The van der Waals surface area contributed by atoms with Crippen LogP contribution in [0.15, 0.2) is 23.3 Å². The molecule has 0 aliphatic heterocycles. The number of amides is 1. The van der Waals surface area contributed by atoms with Crippen LogP contribution in [0.1, 0.15) is 52.9 Å². The second-order valence-electron chi connectivity index (χ2n) is 4.83. The molecule has 0 aromatic heterocycles. The van der Waals surface area contributed by atoms with Crippen molar-refractivity contribution in [1.29, 1.82) is 0 Å². The van der Waals surface area contributed by atoms with Crippen molar-refractivity contribution in [3.8, 4) is 0 Å². The molecular weight excluding hydrogens is 238 g/mol. The quantitative estimate of drug-likeness (QED) is 0.748. The molecule has 108 valence electrons. The van der Waals surface area contributed by atoms with Crippen molar-refractivity contribution in [2.75, 3.05) is 7.05 Å². The minimum Gasteiger partial charge on any atom is -0.359 e. The van der Waals surface area contributed by atoms with Crippen LogP contribution >= 0.6 is 0 Å². The highest BCUT2D eigenvalue weighted by atomic mass is 16.1. The zero-order valence-electron chi connectivity index (χ0n) is 12.7. The van der Waals surface area contributed by atoms with Gasteiger partial charge < -0.3 is 10.1 Å². The van der Waals surface area contributed by atoms with Gasteiger partial charge in [0.15, 0.2) is 0 Å². The van der Waals surface area contributed by atoms with Gasteiger partial charge in [-0.2, -0.15) is 0 Å². The Morgan fingerprint density at radius 3 is 2.42 bits per heavy atom. The molecule has 0 saturated carbocycles. The van der Waals surface area contributed by atoms with Crippen LogP contribution in [0, 0.1) is 5.92 Å².